The van der Waals surface area contributed by atoms with Crippen LogP contribution in [-0.4, -0.2) is 23.0 Å². The minimum atomic E-state index is -1.04. The molecular formula is C14H17Cl2NO3. The average Bonchev–Trinajstić information content (AvgIpc) is 2.33. The molecule has 1 unspecified atom stereocenters. The number of carbonyl (C=O) groups is 2. The molecule has 1 amide bonds. The maximum atomic E-state index is 11.9. The summed E-state index contributed by atoms with van der Waals surface area (Å²) in [6, 6.07) is 4.12. The SMILES string of the molecule is CC(C)CC(NC(=O)Cc1cccc(Cl)c1Cl)C(=O)O. The molecule has 0 aliphatic rings. The molecule has 1 atom stereocenters. The molecule has 0 aliphatic heterocycles. The monoisotopic (exact) mass is 317 g/mol. The minimum absolute atomic E-state index is 0.00126. The lowest BCUT2D eigenvalue weighted by Gasteiger charge is -2.16. The predicted octanol–water partition coefficient (Wildman–Crippen LogP) is 3.15. The van der Waals surface area contributed by atoms with E-state index in [-0.39, 0.29) is 18.2 Å². The van der Waals surface area contributed by atoms with E-state index >= 15 is 0 Å². The Balaban J connectivity index is 2.71. The number of aliphatic carboxylic acids is 1. The molecule has 20 heavy (non-hydrogen) atoms. The van der Waals surface area contributed by atoms with Gasteiger partial charge in [-0.15, -0.1) is 0 Å². The summed E-state index contributed by atoms with van der Waals surface area (Å²) in [7, 11) is 0. The Hall–Kier alpha value is -1.26. The van der Waals surface area contributed by atoms with Crippen LogP contribution >= 0.6 is 23.2 Å². The fourth-order valence-electron chi connectivity index (χ4n) is 1.80. The second kappa shape index (κ2) is 7.50. The number of halogens is 2. The van der Waals surface area contributed by atoms with Crippen LogP contribution in [0.2, 0.25) is 10.0 Å². The van der Waals surface area contributed by atoms with Crippen LogP contribution in [0, 0.1) is 5.92 Å². The number of nitrogens with one attached hydrogen (secondary N) is 1. The number of benzene rings is 1. The molecule has 0 saturated heterocycles. The lowest BCUT2D eigenvalue weighted by Crippen LogP contribution is -2.42. The van der Waals surface area contributed by atoms with Crippen LogP contribution in [0.3, 0.4) is 0 Å². The van der Waals surface area contributed by atoms with Crippen molar-refractivity contribution < 1.29 is 14.7 Å². The molecule has 1 aromatic carbocycles. The first-order valence-corrected chi connectivity index (χ1v) is 7.02. The van der Waals surface area contributed by atoms with Crippen LogP contribution in [0.1, 0.15) is 25.8 Å². The highest BCUT2D eigenvalue weighted by atomic mass is 35.5. The average molecular weight is 318 g/mol. The quantitative estimate of drug-likeness (QED) is 0.847. The fraction of sp³-hybridized carbons (Fsp3) is 0.429. The molecule has 0 aliphatic carbocycles. The number of hydrogen-bond donors (Lipinski definition) is 2. The Labute approximate surface area is 128 Å². The molecular weight excluding hydrogens is 301 g/mol. The van der Waals surface area contributed by atoms with Gasteiger partial charge in [-0.05, 0) is 24.0 Å². The first-order valence-electron chi connectivity index (χ1n) is 6.26. The van der Waals surface area contributed by atoms with E-state index in [2.05, 4.69) is 5.32 Å². The Morgan fingerprint density at radius 2 is 1.95 bits per heavy atom. The van der Waals surface area contributed by atoms with E-state index in [0.717, 1.165) is 0 Å². The van der Waals surface area contributed by atoms with Gasteiger partial charge in [0.25, 0.3) is 0 Å². The van der Waals surface area contributed by atoms with E-state index in [0.29, 0.717) is 22.0 Å². The zero-order chi connectivity index (χ0) is 15.3. The van der Waals surface area contributed by atoms with Crippen LogP contribution in [0.5, 0.6) is 0 Å². The number of carboxylic acid groups (broad SMARTS) is 1. The van der Waals surface area contributed by atoms with Crippen molar-refractivity contribution in [3.05, 3.63) is 33.8 Å². The molecule has 6 heteroatoms. The maximum absolute atomic E-state index is 11.9. The Bertz CT molecular complexity index is 503. The molecule has 4 nitrogen and oxygen atoms in total. The molecule has 0 fully saturated rings. The Morgan fingerprint density at radius 3 is 2.50 bits per heavy atom. The summed E-state index contributed by atoms with van der Waals surface area (Å²) < 4.78 is 0. The third kappa shape index (κ3) is 5.02. The van der Waals surface area contributed by atoms with Gasteiger partial charge in [-0.2, -0.15) is 0 Å². The molecule has 0 saturated carbocycles. The van der Waals surface area contributed by atoms with E-state index in [1.165, 1.54) is 0 Å². The van der Waals surface area contributed by atoms with Crippen LogP contribution in [0.4, 0.5) is 0 Å². The van der Waals surface area contributed by atoms with Crippen LogP contribution in [-0.2, 0) is 16.0 Å². The highest BCUT2D eigenvalue weighted by Crippen LogP contribution is 2.25. The predicted molar refractivity (Wildman–Crippen MR) is 79.2 cm³/mol. The lowest BCUT2D eigenvalue weighted by atomic mass is 10.0. The van der Waals surface area contributed by atoms with Crippen molar-refractivity contribution in [2.24, 2.45) is 5.92 Å². The summed E-state index contributed by atoms with van der Waals surface area (Å²) in [5, 5.41) is 12.3. The zero-order valence-corrected chi connectivity index (χ0v) is 12.8. The number of amides is 1. The molecule has 0 spiro atoms. The van der Waals surface area contributed by atoms with Crippen molar-refractivity contribution in [2.45, 2.75) is 32.7 Å². The van der Waals surface area contributed by atoms with Gasteiger partial charge in [0, 0.05) is 0 Å². The summed E-state index contributed by atoms with van der Waals surface area (Å²) in [6.07, 6.45) is 0.381. The largest absolute Gasteiger partial charge is 0.480 e. The lowest BCUT2D eigenvalue weighted by molar-refractivity contribution is -0.142. The number of hydrogen-bond acceptors (Lipinski definition) is 2. The molecule has 110 valence electrons. The van der Waals surface area contributed by atoms with Crippen molar-refractivity contribution in [1.29, 1.82) is 0 Å². The van der Waals surface area contributed by atoms with E-state index in [1.54, 1.807) is 18.2 Å². The van der Waals surface area contributed by atoms with Crippen LogP contribution in [0.25, 0.3) is 0 Å². The Kier molecular flexibility index (Phi) is 6.30. The minimum Gasteiger partial charge on any atom is -0.480 e. The summed E-state index contributed by atoms with van der Waals surface area (Å²) >= 11 is 11.9. The number of rotatable bonds is 6. The highest BCUT2D eigenvalue weighted by molar-refractivity contribution is 6.42. The van der Waals surface area contributed by atoms with Crippen LogP contribution < -0.4 is 5.32 Å². The summed E-state index contributed by atoms with van der Waals surface area (Å²) in [5.74, 6) is -1.25. The maximum Gasteiger partial charge on any atom is 0.326 e. The van der Waals surface area contributed by atoms with Gasteiger partial charge in [-0.25, -0.2) is 4.79 Å². The molecule has 0 bridgehead atoms. The van der Waals surface area contributed by atoms with E-state index in [9.17, 15) is 9.59 Å². The van der Waals surface area contributed by atoms with Gasteiger partial charge in [0.15, 0.2) is 0 Å². The van der Waals surface area contributed by atoms with Gasteiger partial charge in [0.2, 0.25) is 5.91 Å². The fourth-order valence-corrected chi connectivity index (χ4v) is 2.18. The summed E-state index contributed by atoms with van der Waals surface area (Å²) in [4.78, 5) is 23.0. The second-order valence-electron chi connectivity index (χ2n) is 4.98. The Morgan fingerprint density at radius 1 is 1.30 bits per heavy atom. The standard InChI is InChI=1S/C14H17Cl2NO3/c1-8(2)6-11(14(19)20)17-12(18)7-9-4-3-5-10(15)13(9)16/h3-5,8,11H,6-7H2,1-2H3,(H,17,18)(H,19,20). The van der Waals surface area contributed by atoms with Crippen molar-refractivity contribution in [3.8, 4) is 0 Å². The van der Waals surface area contributed by atoms with Gasteiger partial charge < -0.3 is 10.4 Å². The molecule has 0 heterocycles. The summed E-state index contributed by atoms with van der Waals surface area (Å²) in [6.45, 7) is 3.80. The normalized spacial score (nSPS) is 12.2. The first kappa shape index (κ1) is 16.8. The number of carbonyl (C=O) groups excluding carboxylic acids is 1. The first-order chi connectivity index (χ1) is 9.31. The number of carboxylic acids is 1. The smallest absolute Gasteiger partial charge is 0.326 e. The highest BCUT2D eigenvalue weighted by Gasteiger charge is 2.21. The summed E-state index contributed by atoms with van der Waals surface area (Å²) in [5.41, 5.74) is 0.574. The van der Waals surface area contributed by atoms with Crippen molar-refractivity contribution in [1.82, 2.24) is 5.32 Å². The van der Waals surface area contributed by atoms with E-state index in [1.807, 2.05) is 13.8 Å². The molecule has 1 rings (SSSR count). The van der Waals surface area contributed by atoms with Gasteiger partial charge in [0.1, 0.15) is 6.04 Å². The van der Waals surface area contributed by atoms with E-state index < -0.39 is 12.0 Å². The molecule has 1 aromatic rings. The van der Waals surface area contributed by atoms with Gasteiger partial charge in [-0.1, -0.05) is 49.2 Å². The van der Waals surface area contributed by atoms with Crippen LogP contribution in [0.15, 0.2) is 18.2 Å². The second-order valence-corrected chi connectivity index (χ2v) is 5.76. The van der Waals surface area contributed by atoms with Crippen molar-refractivity contribution in [3.63, 3.8) is 0 Å². The molecule has 2 N–H and O–H groups in total. The zero-order valence-electron chi connectivity index (χ0n) is 11.3. The van der Waals surface area contributed by atoms with Crippen molar-refractivity contribution >= 4 is 35.1 Å². The third-order valence-corrected chi connectivity index (χ3v) is 3.58. The molecule has 0 radical (unpaired) electrons. The topological polar surface area (TPSA) is 66.4 Å². The third-order valence-electron chi connectivity index (χ3n) is 2.72. The van der Waals surface area contributed by atoms with Crippen molar-refractivity contribution in [2.75, 3.05) is 0 Å². The van der Waals surface area contributed by atoms with Gasteiger partial charge in [-0.3, -0.25) is 4.79 Å². The van der Waals surface area contributed by atoms with Gasteiger partial charge in [0.05, 0.1) is 16.5 Å². The molecule has 0 aromatic heterocycles. The van der Waals surface area contributed by atoms with Gasteiger partial charge >= 0.3 is 5.97 Å². The van der Waals surface area contributed by atoms with E-state index in [4.69, 9.17) is 28.3 Å².